The molecule has 0 saturated carbocycles. The quantitative estimate of drug-likeness (QED) is 0.206. The molecule has 2 aromatic rings. The molecule has 0 amide bonds. The van der Waals surface area contributed by atoms with Crippen LogP contribution in [0.5, 0.6) is 0 Å². The van der Waals surface area contributed by atoms with Gasteiger partial charge in [0.15, 0.2) is 17.5 Å². The molecule has 0 atom stereocenters. The zero-order valence-electron chi connectivity index (χ0n) is 15.6. The largest absolute Gasteiger partial charge is 0.206 e. The molecule has 0 saturated heterocycles. The third-order valence-electron chi connectivity index (χ3n) is 5.25. The number of hydrogen-bond acceptors (Lipinski definition) is 0. The molecule has 1 aliphatic rings. The monoisotopic (exact) mass is 376 g/mol. The minimum absolute atomic E-state index is 0.0115. The molecule has 4 heteroatoms. The number of hydrogen-bond donors (Lipinski definition) is 0. The van der Waals surface area contributed by atoms with Crippen LogP contribution < -0.4 is 0 Å². The van der Waals surface area contributed by atoms with E-state index in [1.54, 1.807) is 0 Å². The van der Waals surface area contributed by atoms with E-state index in [0.29, 0.717) is 18.4 Å². The minimum atomic E-state index is -1.54. The third-order valence-corrected chi connectivity index (χ3v) is 5.25. The summed E-state index contributed by atoms with van der Waals surface area (Å²) < 4.78 is 55.1. The van der Waals surface area contributed by atoms with Crippen LogP contribution in [0.4, 0.5) is 17.6 Å². The van der Waals surface area contributed by atoms with Gasteiger partial charge < -0.3 is 0 Å². The Balaban J connectivity index is 1.76. The van der Waals surface area contributed by atoms with Gasteiger partial charge in [-0.05, 0) is 54.5 Å². The summed E-state index contributed by atoms with van der Waals surface area (Å²) >= 11 is 0. The highest BCUT2D eigenvalue weighted by molar-refractivity contribution is 5.67. The molecular weight excluding hydrogens is 352 g/mol. The van der Waals surface area contributed by atoms with Crippen LogP contribution in [0.25, 0.3) is 11.1 Å². The molecule has 0 aliphatic heterocycles. The first-order valence-corrected chi connectivity index (χ1v) is 9.64. The fourth-order valence-corrected chi connectivity index (χ4v) is 3.69. The van der Waals surface area contributed by atoms with Crippen molar-refractivity contribution in [1.29, 1.82) is 0 Å². The van der Waals surface area contributed by atoms with Gasteiger partial charge in [-0.2, -0.15) is 0 Å². The average molecular weight is 376 g/mol. The predicted molar refractivity (Wildman–Crippen MR) is 101 cm³/mol. The van der Waals surface area contributed by atoms with Crippen LogP contribution in [0, 0.1) is 23.3 Å². The second-order valence-electron chi connectivity index (χ2n) is 7.23. The van der Waals surface area contributed by atoms with Gasteiger partial charge in [-0.15, -0.1) is 0 Å². The van der Waals surface area contributed by atoms with Crippen molar-refractivity contribution >= 4 is 0 Å². The first kappa shape index (κ1) is 19.7. The van der Waals surface area contributed by atoms with Crippen LogP contribution in [-0.2, 0) is 12.8 Å². The van der Waals surface area contributed by atoms with Crippen LogP contribution >= 0.6 is 0 Å². The predicted octanol–water partition coefficient (Wildman–Crippen LogP) is 7.30. The van der Waals surface area contributed by atoms with Crippen molar-refractivity contribution in [3.63, 3.8) is 0 Å². The Morgan fingerprint density at radius 2 is 1.56 bits per heavy atom. The Morgan fingerprint density at radius 1 is 0.852 bits per heavy atom. The van der Waals surface area contributed by atoms with Gasteiger partial charge in [0.2, 0.25) is 0 Å². The van der Waals surface area contributed by atoms with E-state index >= 15 is 0 Å². The molecule has 2 aromatic carbocycles. The zero-order chi connectivity index (χ0) is 19.4. The van der Waals surface area contributed by atoms with Gasteiger partial charge >= 0.3 is 0 Å². The van der Waals surface area contributed by atoms with E-state index in [2.05, 4.69) is 13.0 Å². The molecular formula is C23H24F4. The normalized spacial score (nSPS) is 13.4. The number of fused-ring (bicyclic) bond motifs is 1. The lowest BCUT2D eigenvalue weighted by Gasteiger charge is -2.19. The van der Waals surface area contributed by atoms with Gasteiger partial charge in [0.1, 0.15) is 5.82 Å². The Kier molecular flexibility index (Phi) is 6.35. The summed E-state index contributed by atoms with van der Waals surface area (Å²) in [6.45, 7) is 2.19. The van der Waals surface area contributed by atoms with E-state index in [9.17, 15) is 17.6 Å². The van der Waals surface area contributed by atoms with E-state index in [0.717, 1.165) is 30.5 Å². The van der Waals surface area contributed by atoms with Gasteiger partial charge in [0.05, 0.1) is 0 Å². The molecule has 3 rings (SSSR count). The van der Waals surface area contributed by atoms with E-state index < -0.39 is 23.3 Å². The molecule has 0 N–H and O–H groups in total. The molecule has 0 nitrogen and oxygen atoms in total. The van der Waals surface area contributed by atoms with Crippen LogP contribution in [0.2, 0.25) is 0 Å². The van der Waals surface area contributed by atoms with Gasteiger partial charge in [-0.3, -0.25) is 0 Å². The smallest absolute Gasteiger partial charge is 0.194 e. The second-order valence-corrected chi connectivity index (χ2v) is 7.23. The Bertz CT molecular complexity index is 829. The number of allylic oxidation sites excluding steroid dienone is 2. The van der Waals surface area contributed by atoms with Crippen LogP contribution in [0.3, 0.4) is 0 Å². The molecule has 0 spiro atoms. The van der Waals surface area contributed by atoms with Gasteiger partial charge in [0.25, 0.3) is 0 Å². The molecule has 0 radical (unpaired) electrons. The summed E-state index contributed by atoms with van der Waals surface area (Å²) in [5, 5.41) is 0. The maximum Gasteiger partial charge on any atom is 0.194 e. The molecule has 0 bridgehead atoms. The topological polar surface area (TPSA) is 0 Å². The first-order chi connectivity index (χ1) is 13.0. The first-order valence-electron chi connectivity index (χ1n) is 9.64. The molecule has 0 unspecified atom stereocenters. The van der Waals surface area contributed by atoms with Gasteiger partial charge in [0, 0.05) is 5.56 Å². The molecule has 0 fully saturated rings. The Morgan fingerprint density at radius 3 is 2.26 bits per heavy atom. The van der Waals surface area contributed by atoms with Crippen molar-refractivity contribution in [2.24, 2.45) is 0 Å². The van der Waals surface area contributed by atoms with Crippen molar-refractivity contribution in [3.05, 3.63) is 70.3 Å². The number of benzene rings is 2. The highest BCUT2D eigenvalue weighted by Crippen LogP contribution is 2.33. The SMILES string of the molecule is CCCCCCCC1=CCc2c(ccc(-c3cc(F)c(F)c(F)c3)c2F)C1. The highest BCUT2D eigenvalue weighted by Gasteiger charge is 2.20. The van der Waals surface area contributed by atoms with Crippen LogP contribution in [-0.4, -0.2) is 0 Å². The molecule has 0 aromatic heterocycles. The van der Waals surface area contributed by atoms with Crippen LogP contribution in [0.15, 0.2) is 35.9 Å². The Labute approximate surface area is 157 Å². The van der Waals surface area contributed by atoms with Crippen molar-refractivity contribution in [2.75, 3.05) is 0 Å². The maximum atomic E-state index is 15.0. The molecule has 144 valence electrons. The number of halogens is 4. The minimum Gasteiger partial charge on any atom is -0.206 e. The Hall–Kier alpha value is -2.10. The van der Waals surface area contributed by atoms with Gasteiger partial charge in [-0.25, -0.2) is 17.6 Å². The second kappa shape index (κ2) is 8.73. The van der Waals surface area contributed by atoms with E-state index in [1.165, 1.54) is 37.3 Å². The lowest BCUT2D eigenvalue weighted by Crippen LogP contribution is -2.07. The van der Waals surface area contributed by atoms with E-state index in [4.69, 9.17) is 0 Å². The van der Waals surface area contributed by atoms with E-state index in [1.807, 2.05) is 6.07 Å². The summed E-state index contributed by atoms with van der Waals surface area (Å²) in [6.07, 6.45) is 10.4. The lowest BCUT2D eigenvalue weighted by atomic mass is 9.86. The van der Waals surface area contributed by atoms with Crippen LogP contribution in [0.1, 0.15) is 56.6 Å². The average Bonchev–Trinajstić information content (AvgIpc) is 2.66. The van der Waals surface area contributed by atoms with Crippen molar-refractivity contribution in [1.82, 2.24) is 0 Å². The zero-order valence-corrected chi connectivity index (χ0v) is 15.6. The summed E-state index contributed by atoms with van der Waals surface area (Å²) in [6, 6.07) is 5.02. The summed E-state index contributed by atoms with van der Waals surface area (Å²) in [7, 11) is 0. The fourth-order valence-electron chi connectivity index (χ4n) is 3.69. The summed E-state index contributed by atoms with van der Waals surface area (Å²) in [5.74, 6) is -4.64. The standard InChI is InChI=1S/C23H24F4/c1-2-3-4-5-6-7-15-8-10-18-16(12-15)9-11-19(22(18)26)17-13-20(24)23(27)21(25)14-17/h8-9,11,13-14H,2-7,10,12H2,1H3. The number of rotatable bonds is 7. The molecule has 0 heterocycles. The molecule has 27 heavy (non-hydrogen) atoms. The number of unbranched alkanes of at least 4 members (excludes halogenated alkanes) is 4. The summed E-state index contributed by atoms with van der Waals surface area (Å²) in [4.78, 5) is 0. The lowest BCUT2D eigenvalue weighted by molar-refractivity contribution is 0.447. The van der Waals surface area contributed by atoms with Crippen molar-refractivity contribution in [2.45, 2.75) is 58.3 Å². The van der Waals surface area contributed by atoms with Crippen molar-refractivity contribution < 1.29 is 17.6 Å². The maximum absolute atomic E-state index is 15.0. The fraction of sp³-hybridized carbons (Fsp3) is 0.391. The molecule has 1 aliphatic carbocycles. The van der Waals surface area contributed by atoms with E-state index in [-0.39, 0.29) is 11.1 Å². The van der Waals surface area contributed by atoms with Gasteiger partial charge in [-0.1, -0.05) is 56.4 Å². The highest BCUT2D eigenvalue weighted by atomic mass is 19.2. The third kappa shape index (κ3) is 4.42. The van der Waals surface area contributed by atoms with Crippen molar-refractivity contribution in [3.8, 4) is 11.1 Å². The summed E-state index contributed by atoms with van der Waals surface area (Å²) in [5.41, 5.74) is 2.92.